The monoisotopic (exact) mass is 459 g/mol. The van der Waals surface area contributed by atoms with E-state index in [0.29, 0.717) is 30.4 Å². The van der Waals surface area contributed by atoms with Gasteiger partial charge in [-0.1, -0.05) is 18.7 Å². The number of carboxylic acid groups (broad SMARTS) is 1. The van der Waals surface area contributed by atoms with E-state index in [9.17, 15) is 9.90 Å². The van der Waals surface area contributed by atoms with Crippen LogP contribution >= 0.6 is 23.1 Å². The topological polar surface area (TPSA) is 94.4 Å². The summed E-state index contributed by atoms with van der Waals surface area (Å²) in [4.78, 5) is 24.6. The molecule has 2 heterocycles. The second-order valence-corrected chi connectivity index (χ2v) is 9.98. The van der Waals surface area contributed by atoms with Crippen LogP contribution in [-0.4, -0.2) is 44.5 Å². The summed E-state index contributed by atoms with van der Waals surface area (Å²) in [5, 5.41) is 11.2. The quantitative estimate of drug-likeness (QED) is 0.434. The van der Waals surface area contributed by atoms with Crippen molar-refractivity contribution < 1.29 is 19.4 Å². The first-order valence-electron chi connectivity index (χ1n) is 9.81. The Kier molecular flexibility index (Phi) is 7.50. The minimum absolute atomic E-state index is 0.424. The number of aryl methyl sites for hydroxylation is 1. The van der Waals surface area contributed by atoms with Gasteiger partial charge in [-0.2, -0.15) is 0 Å². The van der Waals surface area contributed by atoms with E-state index in [4.69, 9.17) is 9.47 Å². The largest absolute Gasteiger partial charge is 0.493 e. The number of aromatic nitrogens is 3. The third kappa shape index (κ3) is 5.95. The van der Waals surface area contributed by atoms with Gasteiger partial charge in [0.05, 0.1) is 19.4 Å². The third-order valence-corrected chi connectivity index (χ3v) is 6.71. The Hall–Kier alpha value is -2.65. The Bertz CT molecular complexity index is 1040. The zero-order valence-electron chi connectivity index (χ0n) is 17.9. The highest BCUT2D eigenvalue weighted by Gasteiger charge is 2.29. The molecule has 0 fully saturated rings. The van der Waals surface area contributed by atoms with Crippen molar-refractivity contribution in [3.63, 3.8) is 0 Å². The van der Waals surface area contributed by atoms with Gasteiger partial charge >= 0.3 is 5.97 Å². The van der Waals surface area contributed by atoms with Gasteiger partial charge in [0, 0.05) is 29.8 Å². The number of ether oxygens (including phenoxy) is 2. The molecule has 0 aliphatic heterocycles. The Morgan fingerprint density at radius 1 is 1.23 bits per heavy atom. The Morgan fingerprint density at radius 2 is 1.97 bits per heavy atom. The van der Waals surface area contributed by atoms with Gasteiger partial charge in [0.2, 0.25) is 0 Å². The summed E-state index contributed by atoms with van der Waals surface area (Å²) in [6.07, 6.45) is 5.17. The first kappa shape index (κ1) is 23.0. The van der Waals surface area contributed by atoms with Crippen molar-refractivity contribution in [1.82, 2.24) is 15.0 Å². The maximum atomic E-state index is 11.3. The Labute approximate surface area is 189 Å². The van der Waals surface area contributed by atoms with E-state index < -0.39 is 10.7 Å². The number of aliphatic carboxylic acids is 1. The van der Waals surface area contributed by atoms with Gasteiger partial charge in [0.1, 0.15) is 4.75 Å². The van der Waals surface area contributed by atoms with Crippen LogP contribution < -0.4 is 9.47 Å². The smallest absolute Gasteiger partial charge is 0.319 e. The highest BCUT2D eigenvalue weighted by Crippen LogP contribution is 2.35. The summed E-state index contributed by atoms with van der Waals surface area (Å²) in [6, 6.07) is 5.62. The summed E-state index contributed by atoms with van der Waals surface area (Å²) in [6.45, 7) is 5.83. The van der Waals surface area contributed by atoms with Crippen LogP contribution in [0.25, 0.3) is 11.4 Å². The Morgan fingerprint density at radius 3 is 2.61 bits per heavy atom. The average molecular weight is 460 g/mol. The summed E-state index contributed by atoms with van der Waals surface area (Å²) in [5.74, 6) is 1.02. The molecule has 0 radical (unpaired) electrons. The van der Waals surface area contributed by atoms with Crippen LogP contribution in [0.3, 0.4) is 0 Å². The van der Waals surface area contributed by atoms with E-state index in [1.165, 1.54) is 23.1 Å². The van der Waals surface area contributed by atoms with Crippen molar-refractivity contribution in [2.75, 3.05) is 13.7 Å². The van der Waals surface area contributed by atoms with Crippen molar-refractivity contribution in [1.29, 1.82) is 0 Å². The molecule has 0 unspecified atom stereocenters. The van der Waals surface area contributed by atoms with Crippen LogP contribution in [0.5, 0.6) is 11.5 Å². The lowest BCUT2D eigenvalue weighted by molar-refractivity contribution is -0.138. The lowest BCUT2D eigenvalue weighted by Crippen LogP contribution is -2.26. The molecular weight excluding hydrogens is 434 g/mol. The number of nitrogens with zero attached hydrogens (tertiary/aromatic N) is 3. The van der Waals surface area contributed by atoms with E-state index in [1.807, 2.05) is 36.0 Å². The van der Waals surface area contributed by atoms with E-state index in [1.54, 1.807) is 21.0 Å². The number of hydrogen-bond acceptors (Lipinski definition) is 8. The first-order valence-corrected chi connectivity index (χ1v) is 11.5. The molecule has 1 aromatic carbocycles. The molecule has 31 heavy (non-hydrogen) atoms. The van der Waals surface area contributed by atoms with Crippen LogP contribution in [0.4, 0.5) is 0 Å². The number of carboxylic acids is 1. The molecule has 164 valence electrons. The number of thiazole rings is 1. The fourth-order valence-electron chi connectivity index (χ4n) is 2.59. The fourth-order valence-corrected chi connectivity index (χ4v) is 4.82. The molecular formula is C22H25N3O4S2. The van der Waals surface area contributed by atoms with Crippen molar-refractivity contribution in [2.45, 2.75) is 42.7 Å². The molecule has 1 N–H and O–H groups in total. The van der Waals surface area contributed by atoms with E-state index in [0.717, 1.165) is 27.6 Å². The van der Waals surface area contributed by atoms with E-state index >= 15 is 0 Å². The molecule has 0 saturated heterocycles. The molecule has 0 atom stereocenters. The molecule has 0 bridgehead atoms. The van der Waals surface area contributed by atoms with Crippen LogP contribution in [0.15, 0.2) is 40.3 Å². The van der Waals surface area contributed by atoms with Gasteiger partial charge in [0.25, 0.3) is 0 Å². The van der Waals surface area contributed by atoms with Gasteiger partial charge in [-0.3, -0.25) is 4.79 Å². The second-order valence-electron chi connectivity index (χ2n) is 7.25. The first-order chi connectivity index (χ1) is 14.8. The molecule has 7 nitrogen and oxygen atoms in total. The minimum Gasteiger partial charge on any atom is -0.493 e. The Balaban J connectivity index is 1.61. The molecule has 9 heteroatoms. The molecule has 2 aromatic heterocycles. The lowest BCUT2D eigenvalue weighted by Gasteiger charge is -2.15. The zero-order chi connectivity index (χ0) is 22.4. The standard InChI is InChI=1S/C22H25N3O4S2/c1-5-14-11-23-19(24-12-14)15-6-7-17(18(10-15)28-4)29-9-8-16-13-30-21(25-16)31-22(2,3)20(26)27/h6-7,10-13H,5,8-9H2,1-4H3,(H,26,27). The number of rotatable bonds is 10. The van der Waals surface area contributed by atoms with Crippen LogP contribution in [0, 0.1) is 0 Å². The highest BCUT2D eigenvalue weighted by molar-refractivity contribution is 8.02. The van der Waals surface area contributed by atoms with E-state index in [-0.39, 0.29) is 0 Å². The highest BCUT2D eigenvalue weighted by atomic mass is 32.2. The second kappa shape index (κ2) is 10.1. The summed E-state index contributed by atoms with van der Waals surface area (Å²) < 4.78 is 11.2. The zero-order valence-corrected chi connectivity index (χ0v) is 19.5. The molecule has 3 aromatic rings. The third-order valence-electron chi connectivity index (χ3n) is 4.54. The number of hydrogen-bond donors (Lipinski definition) is 1. The van der Waals surface area contributed by atoms with E-state index in [2.05, 4.69) is 21.9 Å². The molecule has 0 saturated carbocycles. The molecule has 3 rings (SSSR count). The predicted octanol–water partition coefficient (Wildman–Crippen LogP) is 4.75. The number of benzene rings is 1. The van der Waals surface area contributed by atoms with Crippen molar-refractivity contribution >= 4 is 29.1 Å². The lowest BCUT2D eigenvalue weighted by atomic mass is 10.2. The van der Waals surface area contributed by atoms with Crippen molar-refractivity contribution in [3.05, 3.63) is 47.2 Å². The van der Waals surface area contributed by atoms with Gasteiger partial charge < -0.3 is 14.6 Å². The maximum Gasteiger partial charge on any atom is 0.319 e. The van der Waals surface area contributed by atoms with Crippen molar-refractivity contribution in [3.8, 4) is 22.9 Å². The van der Waals surface area contributed by atoms with Gasteiger partial charge in [-0.25, -0.2) is 15.0 Å². The fraction of sp³-hybridized carbons (Fsp3) is 0.364. The van der Waals surface area contributed by atoms with Crippen LogP contribution in [-0.2, 0) is 17.6 Å². The summed E-state index contributed by atoms with van der Waals surface area (Å²) in [5.41, 5.74) is 2.81. The SMILES string of the molecule is CCc1cnc(-c2ccc(OCCc3csc(SC(C)(C)C(=O)O)n3)c(OC)c2)nc1. The predicted molar refractivity (Wildman–Crippen MR) is 122 cm³/mol. The summed E-state index contributed by atoms with van der Waals surface area (Å²) >= 11 is 2.69. The normalized spacial score (nSPS) is 11.4. The molecule has 0 amide bonds. The summed E-state index contributed by atoms with van der Waals surface area (Å²) in [7, 11) is 1.60. The number of carbonyl (C=O) groups is 1. The molecule has 0 aliphatic carbocycles. The van der Waals surface area contributed by atoms with Gasteiger partial charge in [0.15, 0.2) is 21.7 Å². The number of methoxy groups -OCH3 is 1. The van der Waals surface area contributed by atoms with Crippen LogP contribution in [0.2, 0.25) is 0 Å². The number of thioether (sulfide) groups is 1. The minimum atomic E-state index is -0.915. The van der Waals surface area contributed by atoms with Crippen molar-refractivity contribution in [2.24, 2.45) is 0 Å². The molecule has 0 aliphatic rings. The maximum absolute atomic E-state index is 11.3. The van der Waals surface area contributed by atoms with Gasteiger partial charge in [-0.15, -0.1) is 11.3 Å². The van der Waals surface area contributed by atoms with Gasteiger partial charge in [-0.05, 0) is 44.0 Å². The average Bonchev–Trinajstić information content (AvgIpc) is 3.20. The molecule has 0 spiro atoms. The van der Waals surface area contributed by atoms with Crippen LogP contribution in [0.1, 0.15) is 32.0 Å².